The number of aryl methyl sites for hydroxylation is 2. The van der Waals surface area contributed by atoms with Gasteiger partial charge in [-0.1, -0.05) is 0 Å². The number of rotatable bonds is 6. The van der Waals surface area contributed by atoms with Crippen molar-refractivity contribution < 1.29 is 4.74 Å². The minimum absolute atomic E-state index is 0.452. The van der Waals surface area contributed by atoms with Gasteiger partial charge in [0.15, 0.2) is 11.6 Å². The van der Waals surface area contributed by atoms with E-state index in [-0.39, 0.29) is 0 Å². The molecule has 10 heteroatoms. The molecule has 1 aliphatic carbocycles. The predicted octanol–water partition coefficient (Wildman–Crippen LogP) is 3.55. The third kappa shape index (κ3) is 3.39. The summed E-state index contributed by atoms with van der Waals surface area (Å²) in [5, 5.41) is 12.9. The van der Waals surface area contributed by atoms with Crippen LogP contribution in [0.2, 0.25) is 0 Å². The molecule has 1 N–H and O–H groups in total. The molecule has 33 heavy (non-hydrogen) atoms. The highest BCUT2D eigenvalue weighted by Gasteiger charge is 2.33. The highest BCUT2D eigenvalue weighted by atomic mass is 16.5. The van der Waals surface area contributed by atoms with Gasteiger partial charge in [-0.05, 0) is 36.5 Å². The van der Waals surface area contributed by atoms with Crippen LogP contribution in [-0.4, -0.2) is 46.0 Å². The standard InChI is InChI=1S/C23H23N9O/c1-30-11-9-25-23(30)22-27-21(26-18-12-15(33-3)6-8-24-18)20-19(14-4-5-14)16(13-32(20)29-22)17-7-10-31(2)28-17/h6-14H,4-5H2,1-3H3,(H,24,26,27,29). The zero-order chi connectivity index (χ0) is 22.5. The van der Waals surface area contributed by atoms with Crippen molar-refractivity contribution in [3.63, 3.8) is 0 Å². The molecule has 5 aromatic heterocycles. The highest BCUT2D eigenvalue weighted by molar-refractivity contribution is 5.85. The zero-order valence-electron chi connectivity index (χ0n) is 18.6. The first kappa shape index (κ1) is 19.5. The van der Waals surface area contributed by atoms with Crippen LogP contribution in [0, 0.1) is 0 Å². The molecule has 0 amide bonds. The molecule has 1 fully saturated rings. The normalized spacial score (nSPS) is 13.5. The van der Waals surface area contributed by atoms with Gasteiger partial charge in [0.1, 0.15) is 17.1 Å². The van der Waals surface area contributed by atoms with E-state index in [2.05, 4.69) is 20.4 Å². The Balaban J connectivity index is 1.59. The number of aromatic nitrogens is 8. The fourth-order valence-corrected chi connectivity index (χ4v) is 4.14. The first-order valence-electron chi connectivity index (χ1n) is 10.8. The van der Waals surface area contributed by atoms with E-state index in [1.165, 1.54) is 5.56 Å². The van der Waals surface area contributed by atoms with Crippen LogP contribution in [0.3, 0.4) is 0 Å². The number of methoxy groups -OCH3 is 1. The third-order valence-electron chi connectivity index (χ3n) is 5.88. The number of imidazole rings is 1. The number of hydrogen-bond acceptors (Lipinski definition) is 7. The molecule has 166 valence electrons. The summed E-state index contributed by atoms with van der Waals surface area (Å²) < 4.78 is 11.0. The number of pyridine rings is 1. The molecule has 1 aliphatic rings. The lowest BCUT2D eigenvalue weighted by atomic mass is 10.0. The van der Waals surface area contributed by atoms with Gasteiger partial charge in [-0.25, -0.2) is 19.5 Å². The van der Waals surface area contributed by atoms with Gasteiger partial charge in [0, 0.05) is 56.7 Å². The molecule has 5 aromatic rings. The van der Waals surface area contributed by atoms with Crippen LogP contribution >= 0.6 is 0 Å². The Hall–Kier alpha value is -4.21. The van der Waals surface area contributed by atoms with Gasteiger partial charge in [0.25, 0.3) is 0 Å². The molecule has 0 radical (unpaired) electrons. The van der Waals surface area contributed by atoms with Gasteiger partial charge in [-0.2, -0.15) is 5.10 Å². The first-order valence-corrected chi connectivity index (χ1v) is 10.8. The lowest BCUT2D eigenvalue weighted by molar-refractivity contribution is 0.414. The van der Waals surface area contributed by atoms with Gasteiger partial charge < -0.3 is 14.6 Å². The summed E-state index contributed by atoms with van der Waals surface area (Å²) >= 11 is 0. The molecule has 0 saturated heterocycles. The Morgan fingerprint density at radius 2 is 1.94 bits per heavy atom. The quantitative estimate of drug-likeness (QED) is 0.430. The summed E-state index contributed by atoms with van der Waals surface area (Å²) in [5.74, 6) is 3.68. The van der Waals surface area contributed by atoms with Crippen molar-refractivity contribution in [2.75, 3.05) is 12.4 Å². The van der Waals surface area contributed by atoms with Crippen molar-refractivity contribution in [1.29, 1.82) is 0 Å². The summed E-state index contributed by atoms with van der Waals surface area (Å²) in [5.41, 5.74) is 4.14. The summed E-state index contributed by atoms with van der Waals surface area (Å²) in [6, 6.07) is 5.69. The van der Waals surface area contributed by atoms with Crippen LogP contribution in [-0.2, 0) is 14.1 Å². The maximum absolute atomic E-state index is 5.37. The van der Waals surface area contributed by atoms with Crippen molar-refractivity contribution in [2.24, 2.45) is 14.1 Å². The van der Waals surface area contributed by atoms with Crippen LogP contribution in [0.5, 0.6) is 5.75 Å². The van der Waals surface area contributed by atoms with Gasteiger partial charge in [-0.15, -0.1) is 5.10 Å². The molecule has 0 spiro atoms. The van der Waals surface area contributed by atoms with Gasteiger partial charge in [0.05, 0.1) is 12.8 Å². The molecule has 10 nitrogen and oxygen atoms in total. The van der Waals surface area contributed by atoms with E-state index in [0.29, 0.717) is 35.0 Å². The number of nitrogens with zero attached hydrogens (tertiary/aromatic N) is 8. The molecular weight excluding hydrogens is 418 g/mol. The number of anilines is 2. The SMILES string of the molecule is COc1ccnc(Nc2nc(-c3nccn3C)nn3cc(-c4ccn(C)n4)c(C4CC4)c23)c1. The predicted molar refractivity (Wildman–Crippen MR) is 123 cm³/mol. The second-order valence-corrected chi connectivity index (χ2v) is 8.25. The fourth-order valence-electron chi connectivity index (χ4n) is 4.14. The van der Waals surface area contributed by atoms with Crippen molar-refractivity contribution in [1.82, 2.24) is 38.9 Å². The minimum atomic E-state index is 0.452. The van der Waals surface area contributed by atoms with Crippen molar-refractivity contribution in [3.8, 4) is 28.7 Å². The van der Waals surface area contributed by atoms with Crippen LogP contribution in [0.1, 0.15) is 24.3 Å². The third-order valence-corrected chi connectivity index (χ3v) is 5.88. The maximum Gasteiger partial charge on any atom is 0.218 e. The summed E-state index contributed by atoms with van der Waals surface area (Å²) in [7, 11) is 5.49. The van der Waals surface area contributed by atoms with Gasteiger partial charge in [-0.3, -0.25) is 4.68 Å². The Labute approximate surface area is 189 Å². The van der Waals surface area contributed by atoms with Gasteiger partial charge >= 0.3 is 0 Å². The second kappa shape index (κ2) is 7.44. The monoisotopic (exact) mass is 441 g/mol. The van der Waals surface area contributed by atoms with Crippen LogP contribution < -0.4 is 10.1 Å². The molecule has 5 heterocycles. The first-order chi connectivity index (χ1) is 16.1. The summed E-state index contributed by atoms with van der Waals surface area (Å²) in [6.07, 6.45) is 11.6. The average molecular weight is 441 g/mol. The van der Waals surface area contributed by atoms with Crippen LogP contribution in [0.4, 0.5) is 11.6 Å². The number of ether oxygens (including phenoxy) is 1. The Bertz CT molecular complexity index is 1470. The topological polar surface area (TPSA) is 100.0 Å². The highest BCUT2D eigenvalue weighted by Crippen LogP contribution is 2.48. The molecule has 0 bridgehead atoms. The number of hydrogen-bond donors (Lipinski definition) is 1. The van der Waals surface area contributed by atoms with Crippen molar-refractivity contribution in [3.05, 3.63) is 54.7 Å². The number of fused-ring (bicyclic) bond motifs is 1. The van der Waals surface area contributed by atoms with E-state index < -0.39 is 0 Å². The minimum Gasteiger partial charge on any atom is -0.497 e. The molecule has 1 saturated carbocycles. The fraction of sp³-hybridized carbons (Fsp3) is 0.261. The lowest BCUT2D eigenvalue weighted by Crippen LogP contribution is -2.07. The molecule has 0 aromatic carbocycles. The lowest BCUT2D eigenvalue weighted by Gasteiger charge is -2.11. The Morgan fingerprint density at radius 1 is 1.06 bits per heavy atom. The zero-order valence-corrected chi connectivity index (χ0v) is 18.6. The largest absolute Gasteiger partial charge is 0.497 e. The second-order valence-electron chi connectivity index (χ2n) is 8.25. The van der Waals surface area contributed by atoms with Crippen molar-refractivity contribution in [2.45, 2.75) is 18.8 Å². The van der Waals surface area contributed by atoms with Crippen LogP contribution in [0.15, 0.2) is 49.2 Å². The van der Waals surface area contributed by atoms with Gasteiger partial charge in [0.2, 0.25) is 5.82 Å². The number of nitrogens with one attached hydrogen (secondary N) is 1. The maximum atomic E-state index is 5.37. The van der Waals surface area contributed by atoms with E-state index in [4.69, 9.17) is 14.8 Å². The van der Waals surface area contributed by atoms with E-state index >= 15 is 0 Å². The summed E-state index contributed by atoms with van der Waals surface area (Å²) in [6.45, 7) is 0. The van der Waals surface area contributed by atoms with Crippen LogP contribution in [0.25, 0.3) is 28.4 Å². The molecule has 0 aliphatic heterocycles. The van der Waals surface area contributed by atoms with E-state index in [1.807, 2.05) is 64.6 Å². The molecule has 6 rings (SSSR count). The van der Waals surface area contributed by atoms with E-state index in [1.54, 1.807) is 19.5 Å². The molecular formula is C23H23N9O. The molecule has 0 atom stereocenters. The van der Waals surface area contributed by atoms with Crippen molar-refractivity contribution >= 4 is 17.2 Å². The Morgan fingerprint density at radius 3 is 2.64 bits per heavy atom. The van der Waals surface area contributed by atoms with E-state index in [9.17, 15) is 0 Å². The smallest absolute Gasteiger partial charge is 0.218 e. The summed E-state index contributed by atoms with van der Waals surface area (Å²) in [4.78, 5) is 13.8. The Kier molecular flexibility index (Phi) is 4.39. The molecule has 0 unspecified atom stereocenters. The average Bonchev–Trinajstić information content (AvgIpc) is 3.21. The van der Waals surface area contributed by atoms with E-state index in [0.717, 1.165) is 29.6 Å².